The van der Waals surface area contributed by atoms with Gasteiger partial charge in [0.2, 0.25) is 5.91 Å². The van der Waals surface area contributed by atoms with Crippen LogP contribution in [0.25, 0.3) is 5.83 Å². The van der Waals surface area contributed by atoms with E-state index in [0.29, 0.717) is 12.1 Å². The molecule has 16 heteroatoms. The molecule has 0 aliphatic carbocycles. The lowest BCUT2D eigenvalue weighted by atomic mass is 9.95. The minimum Gasteiger partial charge on any atom is -0.343 e. The molecular weight excluding hydrogens is 597 g/mol. The fourth-order valence-corrected chi connectivity index (χ4v) is 3.50. The topological polar surface area (TPSA) is 49.4 Å². The van der Waals surface area contributed by atoms with Crippen molar-refractivity contribution in [2.75, 3.05) is 20.1 Å². The number of carbonyl (C=O) groups is 2. The maximum Gasteiger partial charge on any atom is 0.417 e. The second kappa shape index (κ2) is 12.0. The Hall–Kier alpha value is -3.00. The van der Waals surface area contributed by atoms with Crippen LogP contribution in [0.15, 0.2) is 42.5 Å². The molecule has 4 nitrogen and oxygen atoms in total. The number of hydrogen-bond acceptors (Lipinski definition) is 2. The smallest absolute Gasteiger partial charge is 0.343 e. The first-order valence-electron chi connectivity index (χ1n) is 10.4. The summed E-state index contributed by atoms with van der Waals surface area (Å²) in [7, 11) is 0.749. The summed E-state index contributed by atoms with van der Waals surface area (Å²) in [6, 6.07) is 3.86. The maximum absolute atomic E-state index is 14.9. The van der Waals surface area contributed by atoms with Crippen LogP contribution in [0.3, 0.4) is 0 Å². The van der Waals surface area contributed by atoms with Gasteiger partial charge in [0.25, 0.3) is 5.91 Å². The van der Waals surface area contributed by atoms with E-state index >= 15 is 0 Å². The molecule has 214 valence electrons. The third kappa shape index (κ3) is 9.02. The predicted octanol–water partition coefficient (Wildman–Crippen LogP) is 7.42. The highest BCUT2D eigenvalue weighted by molar-refractivity contribution is 6.42. The summed E-state index contributed by atoms with van der Waals surface area (Å²) < 4.78 is 134. The third-order valence-corrected chi connectivity index (χ3v) is 5.80. The summed E-state index contributed by atoms with van der Waals surface area (Å²) >= 11 is 11.4. The molecule has 2 aromatic rings. The van der Waals surface area contributed by atoms with E-state index in [1.165, 1.54) is 0 Å². The van der Waals surface area contributed by atoms with Crippen LogP contribution < -0.4 is 5.32 Å². The van der Waals surface area contributed by atoms with Crippen LogP contribution in [-0.2, 0) is 11.0 Å². The fraction of sp³-hybridized carbons (Fsp3) is 0.304. The number of halogens is 12. The van der Waals surface area contributed by atoms with Crippen molar-refractivity contribution >= 4 is 40.8 Å². The van der Waals surface area contributed by atoms with Gasteiger partial charge in [-0.25, -0.2) is 4.39 Å². The summed E-state index contributed by atoms with van der Waals surface area (Å²) in [5.41, 5.74) is -4.44. The highest BCUT2D eigenvalue weighted by Crippen LogP contribution is 2.41. The molecule has 0 spiro atoms. The van der Waals surface area contributed by atoms with Gasteiger partial charge in [0.15, 0.2) is 0 Å². The van der Waals surface area contributed by atoms with Gasteiger partial charge in [0, 0.05) is 12.6 Å². The predicted molar refractivity (Wildman–Crippen MR) is 122 cm³/mol. The molecule has 2 rings (SSSR count). The number of hydrogen-bond donors (Lipinski definition) is 1. The van der Waals surface area contributed by atoms with E-state index in [1.807, 2.05) is 0 Å². The molecule has 0 bridgehead atoms. The van der Waals surface area contributed by atoms with Crippen LogP contribution in [0.1, 0.15) is 33.0 Å². The van der Waals surface area contributed by atoms with Crippen molar-refractivity contribution in [2.45, 2.75) is 24.4 Å². The van der Waals surface area contributed by atoms with Gasteiger partial charge in [-0.2, -0.15) is 39.5 Å². The summed E-state index contributed by atoms with van der Waals surface area (Å²) in [5.74, 6) is -7.18. The minimum atomic E-state index is -5.31. The van der Waals surface area contributed by atoms with Crippen molar-refractivity contribution < 1.29 is 53.5 Å². The highest BCUT2D eigenvalue weighted by atomic mass is 35.5. The monoisotopic (exact) mass is 612 g/mol. The molecule has 2 amide bonds. The van der Waals surface area contributed by atoms with E-state index in [-0.39, 0.29) is 27.1 Å². The summed E-state index contributed by atoms with van der Waals surface area (Å²) in [6.45, 7) is -2.79. The van der Waals surface area contributed by atoms with Gasteiger partial charge in [-0.3, -0.25) is 9.59 Å². The Labute approximate surface area is 224 Å². The average molecular weight is 613 g/mol. The van der Waals surface area contributed by atoms with E-state index in [4.69, 9.17) is 23.2 Å². The molecule has 0 aromatic heterocycles. The maximum atomic E-state index is 14.9. The second-order valence-corrected chi connectivity index (χ2v) is 8.83. The molecule has 0 aliphatic rings. The molecule has 39 heavy (non-hydrogen) atoms. The van der Waals surface area contributed by atoms with E-state index < -0.39 is 77.4 Å². The molecule has 2 aromatic carbocycles. The first kappa shape index (κ1) is 32.2. The van der Waals surface area contributed by atoms with Gasteiger partial charge < -0.3 is 10.2 Å². The van der Waals surface area contributed by atoms with Crippen LogP contribution in [0.5, 0.6) is 0 Å². The Morgan fingerprint density at radius 2 is 1.56 bits per heavy atom. The third-order valence-electron chi connectivity index (χ3n) is 5.06. The van der Waals surface area contributed by atoms with Crippen molar-refractivity contribution in [3.8, 4) is 0 Å². The Balaban J connectivity index is 2.39. The molecular formula is C23H16Cl2F10N2O2. The van der Waals surface area contributed by atoms with Crippen LogP contribution in [-0.4, -0.2) is 49.2 Å². The van der Waals surface area contributed by atoms with Gasteiger partial charge in [0.05, 0.1) is 27.7 Å². The number of likely N-dealkylation sites (N-methyl/N-ethyl adjacent to an activating group) is 1. The van der Waals surface area contributed by atoms with Crippen molar-refractivity contribution in [1.82, 2.24) is 10.2 Å². The molecule has 0 saturated heterocycles. The Kier molecular flexibility index (Phi) is 9.93. The van der Waals surface area contributed by atoms with Crippen molar-refractivity contribution in [2.24, 2.45) is 0 Å². The zero-order valence-corrected chi connectivity index (χ0v) is 20.8. The van der Waals surface area contributed by atoms with Crippen LogP contribution >= 0.6 is 23.2 Å². The molecule has 0 aliphatic heterocycles. The van der Waals surface area contributed by atoms with E-state index in [9.17, 15) is 53.5 Å². The zero-order chi connectivity index (χ0) is 29.9. The average Bonchev–Trinajstić information content (AvgIpc) is 2.79. The van der Waals surface area contributed by atoms with Gasteiger partial charge in [0.1, 0.15) is 18.3 Å². The number of nitrogens with zero attached hydrogens (tertiary/aromatic N) is 1. The number of alkyl halides is 9. The largest absolute Gasteiger partial charge is 0.417 e. The van der Waals surface area contributed by atoms with Crippen molar-refractivity contribution in [3.05, 3.63) is 74.8 Å². The fourth-order valence-electron chi connectivity index (χ4n) is 3.20. The Bertz CT molecular complexity index is 1260. The molecule has 0 radical (unpaired) electrons. The Morgan fingerprint density at radius 1 is 0.949 bits per heavy atom. The van der Waals surface area contributed by atoms with E-state index in [2.05, 4.69) is 0 Å². The lowest BCUT2D eigenvalue weighted by molar-refractivity contribution is -0.157. The SMILES string of the molecule is CN(CC(F)(F)F)C(=O)CNC(=O)c1ccc(C(F)=CC(c2ccc(Cl)c(Cl)c2)C(F)(F)F)cc1C(F)(F)F. The Morgan fingerprint density at radius 3 is 2.08 bits per heavy atom. The normalized spacial score (nSPS) is 13.7. The van der Waals surface area contributed by atoms with E-state index in [1.54, 1.807) is 5.32 Å². The number of benzene rings is 2. The molecule has 0 heterocycles. The standard InChI is InChI=1S/C23H16Cl2F10N2O2/c1-37(10-21(27,28)29)19(38)9-36-20(39)13-4-2-12(6-15(13)23(33,34)35)18(26)8-14(22(30,31)32)11-3-5-16(24)17(25)7-11/h2-8,14H,9-10H2,1H3,(H,36,39). The minimum absolute atomic E-state index is 0.0178. The lowest BCUT2D eigenvalue weighted by Crippen LogP contribution is -2.42. The van der Waals surface area contributed by atoms with Crippen LogP contribution in [0.2, 0.25) is 10.0 Å². The molecule has 0 saturated carbocycles. The van der Waals surface area contributed by atoms with Crippen molar-refractivity contribution in [1.29, 1.82) is 0 Å². The molecule has 1 N–H and O–H groups in total. The lowest BCUT2D eigenvalue weighted by Gasteiger charge is -2.20. The molecule has 0 fully saturated rings. The van der Waals surface area contributed by atoms with Gasteiger partial charge in [-0.05, 0) is 35.9 Å². The van der Waals surface area contributed by atoms with E-state index in [0.717, 1.165) is 25.2 Å². The number of nitrogens with one attached hydrogen (secondary N) is 1. The summed E-state index contributed by atoms with van der Waals surface area (Å²) in [6.07, 6.45) is -15.2. The number of amides is 2. The summed E-state index contributed by atoms with van der Waals surface area (Å²) in [4.78, 5) is 24.2. The molecule has 1 atom stereocenters. The zero-order valence-electron chi connectivity index (χ0n) is 19.3. The second-order valence-electron chi connectivity index (χ2n) is 8.01. The molecule has 1 unspecified atom stereocenters. The highest BCUT2D eigenvalue weighted by Gasteiger charge is 2.41. The number of carbonyl (C=O) groups excluding carboxylic acids is 2. The van der Waals surface area contributed by atoms with Crippen LogP contribution in [0.4, 0.5) is 43.9 Å². The number of rotatable bonds is 7. The van der Waals surface area contributed by atoms with Gasteiger partial charge in [-0.15, -0.1) is 0 Å². The first-order chi connectivity index (χ1) is 17.7. The van der Waals surface area contributed by atoms with Gasteiger partial charge >= 0.3 is 18.5 Å². The van der Waals surface area contributed by atoms with Gasteiger partial charge in [-0.1, -0.05) is 35.3 Å². The first-order valence-corrected chi connectivity index (χ1v) is 11.2. The van der Waals surface area contributed by atoms with Crippen LogP contribution in [0, 0.1) is 0 Å². The van der Waals surface area contributed by atoms with Crippen molar-refractivity contribution in [3.63, 3.8) is 0 Å². The number of allylic oxidation sites excluding steroid dienone is 1. The summed E-state index contributed by atoms with van der Waals surface area (Å²) in [5, 5.41) is 1.36. The quantitative estimate of drug-likeness (QED) is 0.331.